The number of aromatic nitrogens is 3. The summed E-state index contributed by atoms with van der Waals surface area (Å²) in [5.41, 5.74) is 2.84. The zero-order valence-electron chi connectivity index (χ0n) is 15.0. The molecule has 27 heavy (non-hydrogen) atoms. The molecule has 5 nitrogen and oxygen atoms in total. The van der Waals surface area contributed by atoms with Crippen LogP contribution in [0.15, 0.2) is 54.4 Å². The summed E-state index contributed by atoms with van der Waals surface area (Å²) in [5, 5.41) is 8.08. The maximum absolute atomic E-state index is 13.2. The van der Waals surface area contributed by atoms with Crippen LogP contribution in [0, 0.1) is 6.92 Å². The van der Waals surface area contributed by atoms with Gasteiger partial charge in [0.2, 0.25) is 0 Å². The van der Waals surface area contributed by atoms with Gasteiger partial charge in [-0.2, -0.15) is 5.10 Å². The van der Waals surface area contributed by atoms with Crippen molar-refractivity contribution in [2.75, 3.05) is 11.4 Å². The Bertz CT molecular complexity index is 1090. The largest absolute Gasteiger partial charge is 0.279 e. The first-order valence-corrected chi connectivity index (χ1v) is 10.1. The van der Waals surface area contributed by atoms with Gasteiger partial charge >= 0.3 is 0 Å². The van der Waals surface area contributed by atoms with Gasteiger partial charge in [0.05, 0.1) is 16.3 Å². The number of hydrogen-bond donors (Lipinski definition) is 0. The highest BCUT2D eigenvalue weighted by Crippen LogP contribution is 2.32. The number of thiazole rings is 1. The van der Waals surface area contributed by atoms with Crippen molar-refractivity contribution in [3.63, 3.8) is 0 Å². The third kappa shape index (κ3) is 3.20. The average molecular weight is 395 g/mol. The van der Waals surface area contributed by atoms with E-state index in [4.69, 9.17) is 0 Å². The molecular formula is C20H18N4OS2. The molecule has 0 saturated heterocycles. The van der Waals surface area contributed by atoms with Crippen LogP contribution in [0.2, 0.25) is 0 Å². The van der Waals surface area contributed by atoms with Crippen molar-refractivity contribution >= 4 is 43.9 Å². The summed E-state index contributed by atoms with van der Waals surface area (Å²) in [6.45, 7) is 6.17. The lowest BCUT2D eigenvalue weighted by molar-refractivity contribution is 0.0993. The number of carbonyl (C=O) groups is 1. The van der Waals surface area contributed by atoms with Gasteiger partial charge in [0.25, 0.3) is 5.91 Å². The van der Waals surface area contributed by atoms with Gasteiger partial charge in [-0.05, 0) is 13.0 Å². The predicted octanol–water partition coefficient (Wildman–Crippen LogP) is 4.90. The maximum Gasteiger partial charge on any atom is 0.270 e. The second-order valence-corrected chi connectivity index (χ2v) is 7.99. The Morgan fingerprint density at radius 1 is 1.33 bits per heavy atom. The van der Waals surface area contributed by atoms with Crippen molar-refractivity contribution in [1.82, 2.24) is 14.8 Å². The van der Waals surface area contributed by atoms with Gasteiger partial charge in [0.15, 0.2) is 5.13 Å². The average Bonchev–Trinajstić information content (AvgIpc) is 3.38. The van der Waals surface area contributed by atoms with Crippen molar-refractivity contribution < 1.29 is 4.79 Å². The molecule has 0 unspecified atom stereocenters. The smallest absolute Gasteiger partial charge is 0.270 e. The molecule has 4 rings (SSSR count). The van der Waals surface area contributed by atoms with Crippen LogP contribution in [0.3, 0.4) is 0 Å². The summed E-state index contributed by atoms with van der Waals surface area (Å²) >= 11 is 2.92. The maximum atomic E-state index is 13.2. The molecule has 0 bridgehead atoms. The van der Waals surface area contributed by atoms with Crippen LogP contribution in [0.1, 0.15) is 15.4 Å². The topological polar surface area (TPSA) is 51.0 Å². The summed E-state index contributed by atoms with van der Waals surface area (Å²) < 4.78 is 1.82. The summed E-state index contributed by atoms with van der Waals surface area (Å²) in [4.78, 5) is 21.2. The van der Waals surface area contributed by atoms with Crippen LogP contribution in [-0.2, 0) is 7.05 Å². The van der Waals surface area contributed by atoms with E-state index >= 15 is 0 Å². The predicted molar refractivity (Wildman–Crippen MR) is 113 cm³/mol. The Labute approximate surface area is 165 Å². The second kappa shape index (κ2) is 7.09. The quantitative estimate of drug-likeness (QED) is 0.452. The molecular weight excluding hydrogens is 376 g/mol. The Morgan fingerprint density at radius 3 is 2.81 bits per heavy atom. The van der Waals surface area contributed by atoms with Gasteiger partial charge in [0, 0.05) is 29.9 Å². The molecule has 0 saturated carbocycles. The van der Waals surface area contributed by atoms with Crippen molar-refractivity contribution in [3.8, 4) is 11.3 Å². The molecule has 0 aliphatic rings. The number of nitrogens with zero attached hydrogens (tertiary/aromatic N) is 4. The third-order valence-corrected chi connectivity index (χ3v) is 6.31. The molecule has 1 aromatic carbocycles. The molecule has 0 aliphatic heterocycles. The van der Waals surface area contributed by atoms with E-state index in [-0.39, 0.29) is 5.91 Å². The fourth-order valence-electron chi connectivity index (χ4n) is 2.95. The van der Waals surface area contributed by atoms with Crippen LogP contribution in [0.4, 0.5) is 5.13 Å². The summed E-state index contributed by atoms with van der Waals surface area (Å²) in [7, 11) is 1.90. The fraction of sp³-hybridized carbons (Fsp3) is 0.150. The molecule has 4 aromatic rings. The minimum atomic E-state index is -0.0653. The Hall–Kier alpha value is -2.77. The van der Waals surface area contributed by atoms with E-state index in [1.807, 2.05) is 60.4 Å². The second-order valence-electron chi connectivity index (χ2n) is 6.12. The highest BCUT2D eigenvalue weighted by atomic mass is 32.1. The highest BCUT2D eigenvalue weighted by molar-refractivity contribution is 7.20. The zero-order chi connectivity index (χ0) is 19.0. The Kier molecular flexibility index (Phi) is 4.63. The van der Waals surface area contributed by atoms with E-state index in [9.17, 15) is 4.79 Å². The summed E-state index contributed by atoms with van der Waals surface area (Å²) in [6, 6.07) is 11.9. The van der Waals surface area contributed by atoms with Crippen LogP contribution < -0.4 is 4.90 Å². The number of rotatable bonds is 5. The van der Waals surface area contributed by atoms with Crippen molar-refractivity contribution in [3.05, 3.63) is 65.0 Å². The Balaban J connectivity index is 1.69. The van der Waals surface area contributed by atoms with Crippen molar-refractivity contribution in [1.29, 1.82) is 0 Å². The number of amides is 1. The van der Waals surface area contributed by atoms with Gasteiger partial charge in [-0.25, -0.2) is 4.98 Å². The monoisotopic (exact) mass is 394 g/mol. The number of aryl methyl sites for hydroxylation is 2. The number of fused-ring (bicyclic) bond motifs is 1. The van der Waals surface area contributed by atoms with Crippen molar-refractivity contribution in [2.24, 2.45) is 7.05 Å². The van der Waals surface area contributed by atoms with Gasteiger partial charge in [-0.15, -0.1) is 29.3 Å². The van der Waals surface area contributed by atoms with Crippen LogP contribution in [0.5, 0.6) is 0 Å². The minimum absolute atomic E-state index is 0.0653. The summed E-state index contributed by atoms with van der Waals surface area (Å²) in [6.07, 6.45) is 1.72. The first-order valence-electron chi connectivity index (χ1n) is 8.45. The van der Waals surface area contributed by atoms with Gasteiger partial charge in [-0.1, -0.05) is 36.4 Å². The van der Waals surface area contributed by atoms with E-state index in [0.29, 0.717) is 16.6 Å². The van der Waals surface area contributed by atoms with Crippen LogP contribution >= 0.6 is 22.7 Å². The van der Waals surface area contributed by atoms with Gasteiger partial charge < -0.3 is 0 Å². The van der Waals surface area contributed by atoms with E-state index in [2.05, 4.69) is 16.7 Å². The van der Waals surface area contributed by atoms with E-state index < -0.39 is 0 Å². The molecule has 0 spiro atoms. The first kappa shape index (κ1) is 17.6. The standard InChI is InChI=1S/C20H18N4OS2/c1-4-10-24(20-21-16(12-26-20)14-8-6-5-7-9-14)18(25)17-11-15-13(2)22-23(3)19(15)27-17/h4-9,11-12H,1,10H2,2-3H3. The zero-order valence-corrected chi connectivity index (χ0v) is 16.7. The third-order valence-electron chi connectivity index (χ3n) is 4.26. The normalized spacial score (nSPS) is 11.0. The molecule has 1 amide bonds. The van der Waals surface area contributed by atoms with Crippen molar-refractivity contribution in [2.45, 2.75) is 6.92 Å². The molecule has 0 N–H and O–H groups in total. The van der Waals surface area contributed by atoms with Gasteiger partial charge in [0.1, 0.15) is 4.83 Å². The number of carbonyl (C=O) groups excluding carboxylic acids is 1. The molecule has 7 heteroatoms. The lowest BCUT2D eigenvalue weighted by Crippen LogP contribution is -2.30. The van der Waals surface area contributed by atoms with E-state index in [0.717, 1.165) is 27.2 Å². The van der Waals surface area contributed by atoms with E-state index in [1.54, 1.807) is 11.0 Å². The number of benzene rings is 1. The van der Waals surface area contributed by atoms with Crippen LogP contribution in [-0.4, -0.2) is 27.2 Å². The number of thiophene rings is 1. The fourth-order valence-corrected chi connectivity index (χ4v) is 4.86. The molecule has 136 valence electrons. The number of hydrogen-bond acceptors (Lipinski definition) is 5. The molecule has 3 heterocycles. The number of anilines is 1. The van der Waals surface area contributed by atoms with E-state index in [1.165, 1.54) is 22.7 Å². The highest BCUT2D eigenvalue weighted by Gasteiger charge is 2.23. The Morgan fingerprint density at radius 2 is 2.11 bits per heavy atom. The molecule has 0 aliphatic carbocycles. The molecule has 0 atom stereocenters. The molecule has 0 radical (unpaired) electrons. The van der Waals surface area contributed by atoms with Gasteiger partial charge in [-0.3, -0.25) is 14.4 Å². The van der Waals surface area contributed by atoms with Crippen LogP contribution in [0.25, 0.3) is 21.5 Å². The lowest BCUT2D eigenvalue weighted by atomic mass is 10.2. The molecule has 3 aromatic heterocycles. The lowest BCUT2D eigenvalue weighted by Gasteiger charge is -2.16. The first-order chi connectivity index (χ1) is 13.1. The molecule has 0 fully saturated rings. The SMILES string of the molecule is C=CCN(C(=O)c1cc2c(C)nn(C)c2s1)c1nc(-c2ccccc2)cs1. The summed E-state index contributed by atoms with van der Waals surface area (Å²) in [5.74, 6) is -0.0653. The minimum Gasteiger partial charge on any atom is -0.279 e.